The van der Waals surface area contributed by atoms with E-state index in [1.54, 1.807) is 0 Å². The quantitative estimate of drug-likeness (QED) is 0.732. The Kier molecular flexibility index (Phi) is 2.88. The molecule has 1 fully saturated rings. The van der Waals surface area contributed by atoms with Crippen molar-refractivity contribution in [2.75, 3.05) is 17.2 Å². The second-order valence-electron chi connectivity index (χ2n) is 5.45. The summed E-state index contributed by atoms with van der Waals surface area (Å²) >= 11 is 0. The monoisotopic (exact) mass is 252 g/mol. The van der Waals surface area contributed by atoms with Crippen LogP contribution < -0.4 is 10.6 Å². The van der Waals surface area contributed by atoms with Crippen LogP contribution in [0.15, 0.2) is 12.1 Å². The SMILES string of the molecule is Fc1cc(F)c2c(c1)NC1(CCCCC1)CCN2. The van der Waals surface area contributed by atoms with Crippen LogP contribution >= 0.6 is 0 Å². The summed E-state index contributed by atoms with van der Waals surface area (Å²) in [6, 6.07) is 2.33. The van der Waals surface area contributed by atoms with E-state index in [0.29, 0.717) is 11.4 Å². The second kappa shape index (κ2) is 4.41. The minimum absolute atomic E-state index is 0.0245. The minimum atomic E-state index is -0.520. The molecule has 1 spiro atoms. The Morgan fingerprint density at radius 1 is 1.00 bits per heavy atom. The van der Waals surface area contributed by atoms with Gasteiger partial charge in [0.1, 0.15) is 5.82 Å². The molecule has 18 heavy (non-hydrogen) atoms. The molecule has 1 aromatic rings. The van der Waals surface area contributed by atoms with Gasteiger partial charge in [0.25, 0.3) is 0 Å². The van der Waals surface area contributed by atoms with Crippen LogP contribution in [-0.2, 0) is 0 Å². The van der Waals surface area contributed by atoms with Crippen LogP contribution in [0.25, 0.3) is 0 Å². The molecular weight excluding hydrogens is 234 g/mol. The molecule has 0 unspecified atom stereocenters. The van der Waals surface area contributed by atoms with Gasteiger partial charge in [-0.15, -0.1) is 0 Å². The fourth-order valence-corrected chi connectivity index (χ4v) is 3.23. The van der Waals surface area contributed by atoms with E-state index >= 15 is 0 Å². The molecule has 0 bridgehead atoms. The predicted molar refractivity (Wildman–Crippen MR) is 68.9 cm³/mol. The van der Waals surface area contributed by atoms with Crippen LogP contribution in [-0.4, -0.2) is 12.1 Å². The summed E-state index contributed by atoms with van der Waals surface area (Å²) in [6.45, 7) is 0.739. The summed E-state index contributed by atoms with van der Waals surface area (Å²) in [6.07, 6.45) is 6.79. The molecule has 4 heteroatoms. The molecule has 1 heterocycles. The Morgan fingerprint density at radius 3 is 2.56 bits per heavy atom. The highest BCUT2D eigenvalue weighted by Crippen LogP contribution is 2.39. The van der Waals surface area contributed by atoms with Crippen molar-refractivity contribution in [3.05, 3.63) is 23.8 Å². The van der Waals surface area contributed by atoms with Gasteiger partial charge in [-0.1, -0.05) is 19.3 Å². The predicted octanol–water partition coefficient (Wildman–Crippen LogP) is 3.90. The lowest BCUT2D eigenvalue weighted by Gasteiger charge is -2.38. The number of fused-ring (bicyclic) bond motifs is 1. The number of nitrogens with one attached hydrogen (secondary N) is 2. The Balaban J connectivity index is 1.97. The van der Waals surface area contributed by atoms with Crippen molar-refractivity contribution in [3.63, 3.8) is 0 Å². The van der Waals surface area contributed by atoms with Gasteiger partial charge in [-0.2, -0.15) is 0 Å². The molecule has 0 radical (unpaired) electrons. The third kappa shape index (κ3) is 2.04. The van der Waals surface area contributed by atoms with Gasteiger partial charge in [0, 0.05) is 18.2 Å². The maximum absolute atomic E-state index is 13.7. The maximum Gasteiger partial charge on any atom is 0.151 e. The van der Waals surface area contributed by atoms with Crippen molar-refractivity contribution in [3.8, 4) is 0 Å². The van der Waals surface area contributed by atoms with Crippen LogP contribution in [0.4, 0.5) is 20.2 Å². The third-order valence-electron chi connectivity index (χ3n) is 4.17. The first-order valence-corrected chi connectivity index (χ1v) is 6.70. The molecular formula is C14H18F2N2. The number of benzene rings is 1. The van der Waals surface area contributed by atoms with Gasteiger partial charge in [0.05, 0.1) is 11.4 Å². The van der Waals surface area contributed by atoms with Gasteiger partial charge in [0.2, 0.25) is 0 Å². The van der Waals surface area contributed by atoms with Crippen LogP contribution in [0.5, 0.6) is 0 Å². The highest BCUT2D eigenvalue weighted by Gasteiger charge is 2.34. The van der Waals surface area contributed by atoms with Crippen molar-refractivity contribution in [1.29, 1.82) is 0 Å². The lowest BCUT2D eigenvalue weighted by molar-refractivity contribution is 0.313. The Bertz CT molecular complexity index is 453. The Morgan fingerprint density at radius 2 is 1.78 bits per heavy atom. The van der Waals surface area contributed by atoms with Crippen LogP contribution in [0.3, 0.4) is 0 Å². The summed E-state index contributed by atoms with van der Waals surface area (Å²) in [5.41, 5.74) is 1.02. The molecule has 1 aliphatic carbocycles. The zero-order valence-corrected chi connectivity index (χ0v) is 10.4. The zero-order valence-electron chi connectivity index (χ0n) is 10.4. The van der Waals surface area contributed by atoms with Crippen molar-refractivity contribution in [1.82, 2.24) is 0 Å². The van der Waals surface area contributed by atoms with E-state index < -0.39 is 11.6 Å². The molecule has 0 aromatic heterocycles. The zero-order chi connectivity index (χ0) is 12.6. The van der Waals surface area contributed by atoms with E-state index in [2.05, 4.69) is 10.6 Å². The number of hydrogen-bond acceptors (Lipinski definition) is 2. The molecule has 1 saturated carbocycles. The summed E-state index contributed by atoms with van der Waals surface area (Å²) < 4.78 is 27.1. The van der Waals surface area contributed by atoms with Gasteiger partial charge in [-0.05, 0) is 25.3 Å². The molecule has 2 aliphatic rings. The standard InChI is InChI=1S/C14H18F2N2/c15-10-8-11(16)13-12(9-10)18-14(6-7-17-13)4-2-1-3-5-14/h8-9,17-18H,1-7H2. The van der Waals surface area contributed by atoms with Crippen molar-refractivity contribution in [2.24, 2.45) is 0 Å². The molecule has 0 amide bonds. The highest BCUT2D eigenvalue weighted by atomic mass is 19.1. The Labute approximate surface area is 106 Å². The molecule has 0 atom stereocenters. The summed E-state index contributed by atoms with van der Waals surface area (Å²) in [5.74, 6) is -1.03. The summed E-state index contributed by atoms with van der Waals surface area (Å²) in [5, 5.41) is 6.50. The van der Waals surface area contributed by atoms with E-state index in [9.17, 15) is 8.78 Å². The molecule has 1 aliphatic heterocycles. The highest BCUT2D eigenvalue weighted by molar-refractivity contribution is 5.71. The van der Waals surface area contributed by atoms with Gasteiger partial charge in [-0.25, -0.2) is 8.78 Å². The fraction of sp³-hybridized carbons (Fsp3) is 0.571. The van der Waals surface area contributed by atoms with E-state index in [0.717, 1.165) is 31.9 Å². The van der Waals surface area contributed by atoms with E-state index in [4.69, 9.17) is 0 Å². The molecule has 98 valence electrons. The van der Waals surface area contributed by atoms with Crippen LogP contribution in [0.1, 0.15) is 38.5 Å². The topological polar surface area (TPSA) is 24.1 Å². The van der Waals surface area contributed by atoms with Crippen molar-refractivity contribution >= 4 is 11.4 Å². The number of halogens is 2. The van der Waals surface area contributed by atoms with E-state index in [1.165, 1.54) is 25.3 Å². The van der Waals surface area contributed by atoms with Crippen molar-refractivity contribution in [2.45, 2.75) is 44.1 Å². The first kappa shape index (κ1) is 11.8. The first-order chi connectivity index (χ1) is 8.69. The van der Waals surface area contributed by atoms with Gasteiger partial charge in [-0.3, -0.25) is 0 Å². The summed E-state index contributed by atoms with van der Waals surface area (Å²) in [7, 11) is 0. The third-order valence-corrected chi connectivity index (χ3v) is 4.17. The number of hydrogen-bond donors (Lipinski definition) is 2. The maximum atomic E-state index is 13.7. The number of rotatable bonds is 0. The fourth-order valence-electron chi connectivity index (χ4n) is 3.23. The second-order valence-corrected chi connectivity index (χ2v) is 5.45. The Hall–Kier alpha value is -1.32. The minimum Gasteiger partial charge on any atom is -0.381 e. The van der Waals surface area contributed by atoms with E-state index in [1.807, 2.05) is 0 Å². The normalized spacial score (nSPS) is 21.7. The molecule has 2 nitrogen and oxygen atoms in total. The lowest BCUT2D eigenvalue weighted by atomic mass is 9.79. The first-order valence-electron chi connectivity index (χ1n) is 6.70. The molecule has 0 saturated heterocycles. The average molecular weight is 252 g/mol. The number of anilines is 2. The largest absolute Gasteiger partial charge is 0.381 e. The van der Waals surface area contributed by atoms with Gasteiger partial charge in [0.15, 0.2) is 5.82 Å². The van der Waals surface area contributed by atoms with Crippen LogP contribution in [0, 0.1) is 11.6 Å². The van der Waals surface area contributed by atoms with Gasteiger partial charge >= 0.3 is 0 Å². The van der Waals surface area contributed by atoms with Gasteiger partial charge < -0.3 is 10.6 Å². The molecule has 2 N–H and O–H groups in total. The smallest absolute Gasteiger partial charge is 0.151 e. The molecule has 1 aromatic carbocycles. The molecule has 3 rings (SSSR count). The van der Waals surface area contributed by atoms with Crippen LogP contribution in [0.2, 0.25) is 0 Å². The average Bonchev–Trinajstić information content (AvgIpc) is 2.49. The van der Waals surface area contributed by atoms with Crippen molar-refractivity contribution < 1.29 is 8.78 Å². The van der Waals surface area contributed by atoms with E-state index in [-0.39, 0.29) is 5.54 Å². The summed E-state index contributed by atoms with van der Waals surface area (Å²) in [4.78, 5) is 0. The lowest BCUT2D eigenvalue weighted by Crippen LogP contribution is -2.40.